The molecule has 0 saturated carbocycles. The minimum Gasteiger partial charge on any atom is -0.378 e. The Morgan fingerprint density at radius 1 is 1.23 bits per heavy atom. The van der Waals surface area contributed by atoms with Gasteiger partial charge in [-0.25, -0.2) is 0 Å². The zero-order valence-corrected chi connectivity index (χ0v) is 8.64. The van der Waals surface area contributed by atoms with Crippen LogP contribution in [0.3, 0.4) is 0 Å². The lowest BCUT2D eigenvalue weighted by atomic mass is 10.1. The minimum absolute atomic E-state index is 0.810. The van der Waals surface area contributed by atoms with E-state index in [9.17, 15) is 5.11 Å². The van der Waals surface area contributed by atoms with Gasteiger partial charge in [0.2, 0.25) is 0 Å². The van der Waals surface area contributed by atoms with E-state index in [-0.39, 0.29) is 0 Å². The van der Waals surface area contributed by atoms with Crippen LogP contribution < -0.4 is 0 Å². The summed E-state index contributed by atoms with van der Waals surface area (Å²) in [6.07, 6.45) is 3.95. The molecule has 0 aliphatic carbocycles. The molecule has 0 aromatic rings. The maximum absolute atomic E-state index is 9.35. The van der Waals surface area contributed by atoms with Gasteiger partial charge in [0.1, 0.15) is 5.60 Å². The number of likely N-dealkylation sites (tertiary alicyclic amines) is 1. The van der Waals surface area contributed by atoms with Crippen molar-refractivity contribution in [1.29, 1.82) is 0 Å². The summed E-state index contributed by atoms with van der Waals surface area (Å²) in [5.74, 6) is 5.85. The Hall–Kier alpha value is -0.520. The Balaban J connectivity index is 2.27. The van der Waals surface area contributed by atoms with Crippen LogP contribution in [0.5, 0.6) is 0 Å². The monoisotopic (exact) mass is 181 g/mol. The van der Waals surface area contributed by atoms with Gasteiger partial charge in [-0.2, -0.15) is 0 Å². The largest absolute Gasteiger partial charge is 0.378 e. The van der Waals surface area contributed by atoms with Crippen molar-refractivity contribution in [2.75, 3.05) is 19.6 Å². The Kier molecular flexibility index (Phi) is 3.77. The highest BCUT2D eigenvalue weighted by molar-refractivity contribution is 5.11. The van der Waals surface area contributed by atoms with Crippen LogP contribution in [-0.4, -0.2) is 35.2 Å². The third-order valence-electron chi connectivity index (χ3n) is 2.15. The molecule has 0 unspecified atom stereocenters. The number of hydrogen-bond acceptors (Lipinski definition) is 2. The van der Waals surface area contributed by atoms with Crippen LogP contribution >= 0.6 is 0 Å². The predicted octanol–water partition coefficient (Wildman–Crippen LogP) is 1.25. The smallest absolute Gasteiger partial charge is 0.120 e. The number of hydrogen-bond donors (Lipinski definition) is 1. The second-order valence-corrected chi connectivity index (χ2v) is 4.20. The van der Waals surface area contributed by atoms with E-state index >= 15 is 0 Å². The topological polar surface area (TPSA) is 23.5 Å². The molecule has 0 atom stereocenters. The highest BCUT2D eigenvalue weighted by atomic mass is 16.3. The van der Waals surface area contributed by atoms with E-state index in [0.717, 1.165) is 6.54 Å². The first-order valence-corrected chi connectivity index (χ1v) is 5.03. The lowest BCUT2D eigenvalue weighted by Gasteiger charge is -2.24. The summed E-state index contributed by atoms with van der Waals surface area (Å²) in [5, 5.41) is 9.35. The van der Waals surface area contributed by atoms with Crippen LogP contribution in [0.1, 0.15) is 33.1 Å². The predicted molar refractivity (Wildman–Crippen MR) is 54.4 cm³/mol. The Bertz CT molecular complexity index is 200. The zero-order valence-electron chi connectivity index (χ0n) is 8.64. The highest BCUT2D eigenvalue weighted by Crippen LogP contribution is 2.07. The van der Waals surface area contributed by atoms with Gasteiger partial charge >= 0.3 is 0 Å². The van der Waals surface area contributed by atoms with E-state index in [0.29, 0.717) is 0 Å². The van der Waals surface area contributed by atoms with Crippen molar-refractivity contribution in [3.8, 4) is 11.8 Å². The van der Waals surface area contributed by atoms with E-state index in [1.165, 1.54) is 32.4 Å². The Morgan fingerprint density at radius 3 is 2.38 bits per heavy atom. The van der Waals surface area contributed by atoms with Gasteiger partial charge in [-0.1, -0.05) is 18.3 Å². The van der Waals surface area contributed by atoms with Gasteiger partial charge in [0, 0.05) is 0 Å². The van der Waals surface area contributed by atoms with E-state index < -0.39 is 5.60 Å². The van der Waals surface area contributed by atoms with Gasteiger partial charge in [-0.05, 0) is 39.8 Å². The molecule has 1 aliphatic rings. The molecule has 2 nitrogen and oxygen atoms in total. The maximum atomic E-state index is 9.35. The molecule has 0 spiro atoms. The van der Waals surface area contributed by atoms with Crippen LogP contribution in [0.4, 0.5) is 0 Å². The Labute approximate surface area is 80.9 Å². The molecule has 0 aromatic carbocycles. The second-order valence-electron chi connectivity index (χ2n) is 4.20. The molecule has 0 radical (unpaired) electrons. The first kappa shape index (κ1) is 10.6. The summed E-state index contributed by atoms with van der Waals surface area (Å²) >= 11 is 0. The summed E-state index contributed by atoms with van der Waals surface area (Å²) < 4.78 is 0. The van der Waals surface area contributed by atoms with Crippen molar-refractivity contribution in [2.45, 2.75) is 38.7 Å². The first-order valence-electron chi connectivity index (χ1n) is 5.03. The molecule has 1 rings (SSSR count). The minimum atomic E-state index is -0.838. The fourth-order valence-corrected chi connectivity index (χ4v) is 1.49. The van der Waals surface area contributed by atoms with Gasteiger partial charge in [0.25, 0.3) is 0 Å². The molecule has 1 aliphatic heterocycles. The SMILES string of the molecule is CC(C)(O)C#CCN1CCCCC1. The third-order valence-corrected chi connectivity index (χ3v) is 2.15. The summed E-state index contributed by atoms with van der Waals surface area (Å²) in [7, 11) is 0. The number of piperidine rings is 1. The fourth-order valence-electron chi connectivity index (χ4n) is 1.49. The normalized spacial score (nSPS) is 19.3. The quantitative estimate of drug-likeness (QED) is 0.615. The van der Waals surface area contributed by atoms with E-state index in [2.05, 4.69) is 16.7 Å². The summed E-state index contributed by atoms with van der Waals surface area (Å²) in [5.41, 5.74) is -0.838. The number of aliphatic hydroxyl groups is 1. The second kappa shape index (κ2) is 4.64. The average Bonchev–Trinajstić information content (AvgIpc) is 2.04. The summed E-state index contributed by atoms with van der Waals surface area (Å²) in [6, 6.07) is 0. The van der Waals surface area contributed by atoms with Crippen LogP contribution in [0.2, 0.25) is 0 Å². The number of rotatable bonds is 1. The van der Waals surface area contributed by atoms with Gasteiger partial charge < -0.3 is 5.11 Å². The lowest BCUT2D eigenvalue weighted by molar-refractivity contribution is 0.143. The van der Waals surface area contributed by atoms with Crippen molar-refractivity contribution in [3.63, 3.8) is 0 Å². The molecule has 2 heteroatoms. The van der Waals surface area contributed by atoms with E-state index in [1.807, 2.05) is 0 Å². The van der Waals surface area contributed by atoms with E-state index in [4.69, 9.17) is 0 Å². The molecule has 1 heterocycles. The zero-order chi connectivity index (χ0) is 9.73. The van der Waals surface area contributed by atoms with Crippen LogP contribution in [-0.2, 0) is 0 Å². The van der Waals surface area contributed by atoms with Crippen LogP contribution in [0.15, 0.2) is 0 Å². The summed E-state index contributed by atoms with van der Waals surface area (Å²) in [4.78, 5) is 2.35. The molecule has 1 fully saturated rings. The van der Waals surface area contributed by atoms with Crippen LogP contribution in [0, 0.1) is 11.8 Å². The molecule has 1 saturated heterocycles. The van der Waals surface area contributed by atoms with Crippen LogP contribution in [0.25, 0.3) is 0 Å². The highest BCUT2D eigenvalue weighted by Gasteiger charge is 2.09. The molecule has 74 valence electrons. The molecule has 0 aromatic heterocycles. The van der Waals surface area contributed by atoms with Gasteiger partial charge in [0.05, 0.1) is 6.54 Å². The fraction of sp³-hybridized carbons (Fsp3) is 0.818. The van der Waals surface area contributed by atoms with Gasteiger partial charge in [-0.15, -0.1) is 0 Å². The molecular weight excluding hydrogens is 162 g/mol. The van der Waals surface area contributed by atoms with Crippen molar-refractivity contribution in [2.24, 2.45) is 0 Å². The maximum Gasteiger partial charge on any atom is 0.120 e. The van der Waals surface area contributed by atoms with Crippen molar-refractivity contribution < 1.29 is 5.11 Å². The number of nitrogens with zero attached hydrogens (tertiary/aromatic N) is 1. The van der Waals surface area contributed by atoms with Crippen molar-refractivity contribution in [3.05, 3.63) is 0 Å². The summed E-state index contributed by atoms with van der Waals surface area (Å²) in [6.45, 7) is 6.58. The molecule has 0 amide bonds. The lowest BCUT2D eigenvalue weighted by Crippen LogP contribution is -2.30. The Morgan fingerprint density at radius 2 is 1.85 bits per heavy atom. The van der Waals surface area contributed by atoms with Crippen molar-refractivity contribution >= 4 is 0 Å². The first-order chi connectivity index (χ1) is 6.08. The third kappa shape index (κ3) is 4.92. The van der Waals surface area contributed by atoms with Gasteiger partial charge in [0.15, 0.2) is 0 Å². The molecule has 13 heavy (non-hydrogen) atoms. The van der Waals surface area contributed by atoms with Gasteiger partial charge in [-0.3, -0.25) is 4.90 Å². The molecule has 0 bridgehead atoms. The van der Waals surface area contributed by atoms with Crippen molar-refractivity contribution in [1.82, 2.24) is 4.90 Å². The molecular formula is C11H19NO. The standard InChI is InChI=1S/C11H19NO/c1-11(2,13)7-6-10-12-8-4-3-5-9-12/h13H,3-5,8-10H2,1-2H3. The average molecular weight is 181 g/mol. The molecule has 1 N–H and O–H groups in total. The van der Waals surface area contributed by atoms with E-state index in [1.54, 1.807) is 13.8 Å².